The van der Waals surface area contributed by atoms with Gasteiger partial charge in [0.2, 0.25) is 11.8 Å². The molecule has 0 saturated carbocycles. The maximum absolute atomic E-state index is 12.5. The molecule has 1 heterocycles. The van der Waals surface area contributed by atoms with Gasteiger partial charge in [0.15, 0.2) is 0 Å². The number of benzene rings is 1. The SMILES string of the molecule is NCC(=O)NC(Cc1c[nH]c2ccccc12)C(=O)NC(CS)C(=O)O. The number of aromatic nitrogens is 1. The molecular formula is C16H20N4O4S. The fourth-order valence-electron chi connectivity index (χ4n) is 2.44. The van der Waals surface area contributed by atoms with Crippen molar-refractivity contribution < 1.29 is 19.5 Å². The molecule has 0 bridgehead atoms. The van der Waals surface area contributed by atoms with Gasteiger partial charge in [0.05, 0.1) is 6.54 Å². The van der Waals surface area contributed by atoms with Gasteiger partial charge in [0.1, 0.15) is 12.1 Å². The van der Waals surface area contributed by atoms with Crippen molar-refractivity contribution in [2.45, 2.75) is 18.5 Å². The minimum atomic E-state index is -1.20. The number of carbonyl (C=O) groups is 3. The number of rotatable bonds is 8. The second kappa shape index (κ2) is 8.54. The Kier molecular flexibility index (Phi) is 6.43. The zero-order valence-electron chi connectivity index (χ0n) is 13.4. The number of hydrogen-bond acceptors (Lipinski definition) is 5. The van der Waals surface area contributed by atoms with Crippen LogP contribution in [0.2, 0.25) is 0 Å². The molecule has 2 aromatic rings. The van der Waals surface area contributed by atoms with Crippen molar-refractivity contribution >= 4 is 41.3 Å². The van der Waals surface area contributed by atoms with Gasteiger partial charge in [0, 0.05) is 29.3 Å². The monoisotopic (exact) mass is 364 g/mol. The summed E-state index contributed by atoms with van der Waals surface area (Å²) >= 11 is 3.92. The molecule has 0 radical (unpaired) electrons. The summed E-state index contributed by atoms with van der Waals surface area (Å²) in [6.07, 6.45) is 1.95. The molecule has 8 nitrogen and oxygen atoms in total. The fourth-order valence-corrected chi connectivity index (χ4v) is 2.69. The number of H-pyrrole nitrogens is 1. The van der Waals surface area contributed by atoms with Crippen LogP contribution in [0.4, 0.5) is 0 Å². The summed E-state index contributed by atoms with van der Waals surface area (Å²) in [7, 11) is 0. The van der Waals surface area contributed by atoms with E-state index >= 15 is 0 Å². The van der Waals surface area contributed by atoms with E-state index in [-0.39, 0.29) is 18.7 Å². The summed E-state index contributed by atoms with van der Waals surface area (Å²) in [4.78, 5) is 38.3. The van der Waals surface area contributed by atoms with Crippen molar-refractivity contribution in [2.75, 3.05) is 12.3 Å². The van der Waals surface area contributed by atoms with E-state index < -0.39 is 29.9 Å². The van der Waals surface area contributed by atoms with Crippen LogP contribution in [0.15, 0.2) is 30.5 Å². The number of nitrogens with one attached hydrogen (secondary N) is 3. The van der Waals surface area contributed by atoms with E-state index in [4.69, 9.17) is 10.8 Å². The minimum Gasteiger partial charge on any atom is -0.480 e. The number of thiol groups is 1. The Balaban J connectivity index is 2.21. The summed E-state index contributed by atoms with van der Waals surface area (Å²) < 4.78 is 0. The molecule has 134 valence electrons. The van der Waals surface area contributed by atoms with Crippen molar-refractivity contribution in [2.24, 2.45) is 5.73 Å². The van der Waals surface area contributed by atoms with Gasteiger partial charge in [-0.15, -0.1) is 0 Å². The van der Waals surface area contributed by atoms with Crippen LogP contribution in [0.25, 0.3) is 10.9 Å². The summed E-state index contributed by atoms with van der Waals surface area (Å²) in [5.41, 5.74) is 7.03. The highest BCUT2D eigenvalue weighted by molar-refractivity contribution is 7.80. The third kappa shape index (κ3) is 4.74. The molecule has 0 spiro atoms. The predicted molar refractivity (Wildman–Crippen MR) is 96.4 cm³/mol. The smallest absolute Gasteiger partial charge is 0.327 e. The van der Waals surface area contributed by atoms with Gasteiger partial charge in [-0.05, 0) is 11.6 Å². The van der Waals surface area contributed by atoms with E-state index in [1.807, 2.05) is 24.3 Å². The third-order valence-corrected chi connectivity index (χ3v) is 4.10. The first-order chi connectivity index (χ1) is 12.0. The summed E-state index contributed by atoms with van der Waals surface area (Å²) in [6, 6.07) is 5.46. The molecule has 2 unspecified atom stereocenters. The van der Waals surface area contributed by atoms with Crippen molar-refractivity contribution in [3.63, 3.8) is 0 Å². The number of para-hydroxylation sites is 1. The standard InChI is InChI=1S/C16H20N4O4S/c17-6-14(21)19-12(15(22)20-13(8-25)16(23)24)5-9-7-18-11-4-2-1-3-10(9)11/h1-4,7,12-13,18,25H,5-6,8,17H2,(H,19,21)(H,20,22)(H,23,24). The number of aromatic amines is 1. The largest absolute Gasteiger partial charge is 0.480 e. The molecule has 0 aliphatic heterocycles. The van der Waals surface area contributed by atoms with E-state index in [2.05, 4.69) is 28.2 Å². The van der Waals surface area contributed by atoms with E-state index in [0.717, 1.165) is 16.5 Å². The molecule has 0 saturated heterocycles. The lowest BCUT2D eigenvalue weighted by atomic mass is 10.0. The van der Waals surface area contributed by atoms with Crippen LogP contribution < -0.4 is 16.4 Å². The Morgan fingerprint density at radius 2 is 1.92 bits per heavy atom. The first-order valence-corrected chi connectivity index (χ1v) is 8.28. The average Bonchev–Trinajstić information content (AvgIpc) is 3.01. The maximum Gasteiger partial charge on any atom is 0.327 e. The Morgan fingerprint density at radius 1 is 1.20 bits per heavy atom. The molecule has 6 N–H and O–H groups in total. The molecule has 25 heavy (non-hydrogen) atoms. The number of carboxylic acids is 1. The van der Waals surface area contributed by atoms with Crippen LogP contribution in [0.1, 0.15) is 5.56 Å². The van der Waals surface area contributed by atoms with E-state index in [1.165, 1.54) is 0 Å². The molecule has 9 heteroatoms. The lowest BCUT2D eigenvalue weighted by molar-refractivity contribution is -0.141. The molecule has 2 rings (SSSR count). The Morgan fingerprint density at radius 3 is 2.56 bits per heavy atom. The number of carboxylic acid groups (broad SMARTS) is 1. The molecule has 1 aromatic heterocycles. The first kappa shape index (κ1) is 18.8. The molecule has 2 atom stereocenters. The Hall–Kier alpha value is -2.52. The van der Waals surface area contributed by atoms with Gasteiger partial charge in [-0.2, -0.15) is 12.6 Å². The second-order valence-electron chi connectivity index (χ2n) is 5.47. The van der Waals surface area contributed by atoms with Crippen LogP contribution in [0.3, 0.4) is 0 Å². The van der Waals surface area contributed by atoms with Gasteiger partial charge in [-0.25, -0.2) is 4.79 Å². The van der Waals surface area contributed by atoms with Crippen LogP contribution in [0.5, 0.6) is 0 Å². The highest BCUT2D eigenvalue weighted by Gasteiger charge is 2.26. The van der Waals surface area contributed by atoms with E-state index in [0.29, 0.717) is 0 Å². The zero-order chi connectivity index (χ0) is 18.4. The average molecular weight is 364 g/mol. The lowest BCUT2D eigenvalue weighted by Gasteiger charge is -2.20. The van der Waals surface area contributed by atoms with Crippen molar-refractivity contribution in [1.29, 1.82) is 0 Å². The summed E-state index contributed by atoms with van der Waals surface area (Å²) in [5.74, 6) is -2.36. The summed E-state index contributed by atoms with van der Waals surface area (Å²) in [6.45, 7) is -0.271. The molecule has 1 aromatic carbocycles. The number of carbonyl (C=O) groups excluding carboxylic acids is 2. The second-order valence-corrected chi connectivity index (χ2v) is 5.83. The highest BCUT2D eigenvalue weighted by Crippen LogP contribution is 2.19. The predicted octanol–water partition coefficient (Wildman–Crippen LogP) is -0.347. The van der Waals surface area contributed by atoms with E-state index in [1.54, 1.807) is 6.20 Å². The van der Waals surface area contributed by atoms with Gasteiger partial charge in [-0.3, -0.25) is 9.59 Å². The number of amides is 2. The molecule has 0 aliphatic carbocycles. The van der Waals surface area contributed by atoms with Crippen molar-refractivity contribution in [3.05, 3.63) is 36.0 Å². The minimum absolute atomic E-state index is 0.0638. The van der Waals surface area contributed by atoms with Gasteiger partial charge in [0.25, 0.3) is 0 Å². The normalized spacial score (nSPS) is 13.2. The molecular weight excluding hydrogens is 344 g/mol. The van der Waals surface area contributed by atoms with Crippen molar-refractivity contribution in [1.82, 2.24) is 15.6 Å². The van der Waals surface area contributed by atoms with Crippen LogP contribution >= 0.6 is 12.6 Å². The molecule has 0 fully saturated rings. The Labute approximate surface area is 149 Å². The number of fused-ring (bicyclic) bond motifs is 1. The van der Waals surface area contributed by atoms with Crippen LogP contribution in [-0.4, -0.2) is 52.3 Å². The maximum atomic E-state index is 12.5. The molecule has 2 amide bonds. The lowest BCUT2D eigenvalue weighted by Crippen LogP contribution is -2.53. The number of nitrogens with two attached hydrogens (primary N) is 1. The number of aliphatic carboxylic acids is 1. The van der Waals surface area contributed by atoms with Crippen LogP contribution in [-0.2, 0) is 20.8 Å². The topological polar surface area (TPSA) is 137 Å². The van der Waals surface area contributed by atoms with Gasteiger partial charge < -0.3 is 26.5 Å². The van der Waals surface area contributed by atoms with Crippen molar-refractivity contribution in [3.8, 4) is 0 Å². The zero-order valence-corrected chi connectivity index (χ0v) is 14.3. The highest BCUT2D eigenvalue weighted by atomic mass is 32.1. The number of hydrogen-bond donors (Lipinski definition) is 6. The fraction of sp³-hybridized carbons (Fsp3) is 0.312. The first-order valence-electron chi connectivity index (χ1n) is 7.64. The Bertz CT molecular complexity index is 776. The summed E-state index contributed by atoms with van der Waals surface area (Å²) in [5, 5.41) is 14.9. The quantitative estimate of drug-likeness (QED) is 0.356. The third-order valence-electron chi connectivity index (χ3n) is 3.73. The van der Waals surface area contributed by atoms with Gasteiger partial charge >= 0.3 is 5.97 Å². The molecule has 0 aliphatic rings. The van der Waals surface area contributed by atoms with Crippen LogP contribution in [0, 0.1) is 0 Å². The van der Waals surface area contributed by atoms with Gasteiger partial charge in [-0.1, -0.05) is 18.2 Å². The van der Waals surface area contributed by atoms with E-state index in [9.17, 15) is 14.4 Å².